The summed E-state index contributed by atoms with van der Waals surface area (Å²) in [5.74, 6) is -0.0543. The Balaban J connectivity index is 1.57. The molecule has 0 aliphatic carbocycles. The van der Waals surface area contributed by atoms with E-state index in [2.05, 4.69) is 15.6 Å². The molecule has 1 aliphatic heterocycles. The van der Waals surface area contributed by atoms with Crippen molar-refractivity contribution >= 4 is 17.6 Å². The van der Waals surface area contributed by atoms with Crippen LogP contribution < -0.4 is 10.6 Å². The van der Waals surface area contributed by atoms with Gasteiger partial charge in [0.2, 0.25) is 0 Å². The quantitative estimate of drug-likeness (QED) is 0.882. The highest BCUT2D eigenvalue weighted by atomic mass is 16.5. The largest absolute Gasteiger partial charge is 0.378 e. The SMILES string of the molecule is Cc1cccc(CNC(=O)Nc2cccc(C(=O)N3CCOCC3)c2)n1. The highest BCUT2D eigenvalue weighted by molar-refractivity contribution is 5.97. The van der Waals surface area contributed by atoms with E-state index >= 15 is 0 Å². The van der Waals surface area contributed by atoms with E-state index in [0.29, 0.717) is 44.1 Å². The molecule has 1 aliphatic rings. The molecule has 0 atom stereocenters. The van der Waals surface area contributed by atoms with Crippen LogP contribution in [0.5, 0.6) is 0 Å². The molecule has 3 rings (SSSR count). The second-order valence-corrected chi connectivity index (χ2v) is 6.06. The zero-order valence-electron chi connectivity index (χ0n) is 14.7. The number of urea groups is 1. The van der Waals surface area contributed by atoms with Crippen LogP contribution in [0.1, 0.15) is 21.7 Å². The van der Waals surface area contributed by atoms with E-state index in [1.165, 1.54) is 0 Å². The number of anilines is 1. The molecule has 1 fully saturated rings. The van der Waals surface area contributed by atoms with E-state index in [9.17, 15) is 9.59 Å². The smallest absolute Gasteiger partial charge is 0.319 e. The molecular formula is C19H22N4O3. The van der Waals surface area contributed by atoms with Gasteiger partial charge in [0.25, 0.3) is 5.91 Å². The number of hydrogen-bond donors (Lipinski definition) is 2. The molecule has 0 saturated carbocycles. The molecule has 0 bridgehead atoms. The van der Waals surface area contributed by atoms with Crippen LogP contribution in [0.2, 0.25) is 0 Å². The minimum Gasteiger partial charge on any atom is -0.378 e. The van der Waals surface area contributed by atoms with Crippen molar-refractivity contribution < 1.29 is 14.3 Å². The van der Waals surface area contributed by atoms with E-state index in [4.69, 9.17) is 4.74 Å². The van der Waals surface area contributed by atoms with Crippen LogP contribution in [0.15, 0.2) is 42.5 Å². The summed E-state index contributed by atoms with van der Waals surface area (Å²) in [5.41, 5.74) is 2.80. The van der Waals surface area contributed by atoms with Gasteiger partial charge < -0.3 is 20.3 Å². The first-order valence-corrected chi connectivity index (χ1v) is 8.56. The number of aryl methyl sites for hydroxylation is 1. The third-order valence-electron chi connectivity index (χ3n) is 4.04. The summed E-state index contributed by atoms with van der Waals surface area (Å²) in [6.45, 7) is 4.51. The lowest BCUT2D eigenvalue weighted by Crippen LogP contribution is -2.40. The fourth-order valence-electron chi connectivity index (χ4n) is 2.72. The molecule has 1 saturated heterocycles. The molecule has 2 N–H and O–H groups in total. The minimum absolute atomic E-state index is 0.0543. The number of carbonyl (C=O) groups excluding carboxylic acids is 2. The number of benzene rings is 1. The van der Waals surface area contributed by atoms with E-state index in [-0.39, 0.29) is 11.9 Å². The molecule has 2 heterocycles. The fourth-order valence-corrected chi connectivity index (χ4v) is 2.72. The number of nitrogens with one attached hydrogen (secondary N) is 2. The maximum atomic E-state index is 12.5. The Labute approximate surface area is 152 Å². The first-order chi connectivity index (χ1) is 12.6. The molecule has 1 aromatic carbocycles. The maximum Gasteiger partial charge on any atom is 0.319 e. The molecule has 2 aromatic rings. The van der Waals surface area contributed by atoms with Crippen molar-refractivity contribution in [2.75, 3.05) is 31.6 Å². The Kier molecular flexibility index (Phi) is 5.80. The summed E-state index contributed by atoms with van der Waals surface area (Å²) in [6, 6.07) is 12.3. The third-order valence-corrected chi connectivity index (χ3v) is 4.04. The second-order valence-electron chi connectivity index (χ2n) is 6.06. The topological polar surface area (TPSA) is 83.6 Å². The average molecular weight is 354 g/mol. The van der Waals surface area contributed by atoms with Crippen molar-refractivity contribution in [3.8, 4) is 0 Å². The van der Waals surface area contributed by atoms with Gasteiger partial charge in [-0.15, -0.1) is 0 Å². The lowest BCUT2D eigenvalue weighted by atomic mass is 10.1. The standard InChI is InChI=1S/C19H22N4O3/c1-14-4-2-7-17(21-14)13-20-19(25)22-16-6-3-5-15(12-16)18(24)23-8-10-26-11-9-23/h2-7,12H,8-11,13H2,1H3,(H2,20,22,25). The van der Waals surface area contributed by atoms with E-state index in [1.807, 2.05) is 25.1 Å². The number of hydrogen-bond acceptors (Lipinski definition) is 4. The van der Waals surface area contributed by atoms with Gasteiger partial charge in [-0.1, -0.05) is 12.1 Å². The first-order valence-electron chi connectivity index (χ1n) is 8.56. The number of carbonyl (C=O) groups is 2. The maximum absolute atomic E-state index is 12.5. The van der Waals surface area contributed by atoms with Crippen LogP contribution in [0, 0.1) is 6.92 Å². The summed E-state index contributed by atoms with van der Waals surface area (Å²) in [7, 11) is 0. The van der Waals surface area contributed by atoms with Gasteiger partial charge in [-0.3, -0.25) is 9.78 Å². The Morgan fingerprint density at radius 2 is 1.92 bits per heavy atom. The number of amides is 3. The number of ether oxygens (including phenoxy) is 1. The predicted octanol–water partition coefficient (Wildman–Crippen LogP) is 2.18. The number of nitrogens with zero attached hydrogens (tertiary/aromatic N) is 2. The Morgan fingerprint density at radius 3 is 2.69 bits per heavy atom. The molecule has 136 valence electrons. The molecule has 7 nitrogen and oxygen atoms in total. The van der Waals surface area contributed by atoms with Gasteiger partial charge in [-0.05, 0) is 37.3 Å². The van der Waals surface area contributed by atoms with Gasteiger partial charge in [0.05, 0.1) is 25.5 Å². The summed E-state index contributed by atoms with van der Waals surface area (Å²) in [4.78, 5) is 30.7. The average Bonchev–Trinajstić information content (AvgIpc) is 2.67. The molecule has 0 spiro atoms. The fraction of sp³-hybridized carbons (Fsp3) is 0.316. The number of aromatic nitrogens is 1. The Morgan fingerprint density at radius 1 is 1.15 bits per heavy atom. The second kappa shape index (κ2) is 8.44. The van der Waals surface area contributed by atoms with Crippen LogP contribution in [0.4, 0.5) is 10.5 Å². The van der Waals surface area contributed by atoms with Crippen LogP contribution in [-0.2, 0) is 11.3 Å². The van der Waals surface area contributed by atoms with Crippen LogP contribution in [0.3, 0.4) is 0 Å². The molecule has 0 radical (unpaired) electrons. The van der Waals surface area contributed by atoms with Crippen molar-refractivity contribution in [1.82, 2.24) is 15.2 Å². The van der Waals surface area contributed by atoms with Gasteiger partial charge in [0.15, 0.2) is 0 Å². The monoisotopic (exact) mass is 354 g/mol. The van der Waals surface area contributed by atoms with Gasteiger partial charge in [-0.2, -0.15) is 0 Å². The van der Waals surface area contributed by atoms with Crippen molar-refractivity contribution in [1.29, 1.82) is 0 Å². The van der Waals surface area contributed by atoms with Gasteiger partial charge in [0.1, 0.15) is 0 Å². The highest BCUT2D eigenvalue weighted by Crippen LogP contribution is 2.14. The zero-order chi connectivity index (χ0) is 18.4. The molecule has 1 aromatic heterocycles. The predicted molar refractivity (Wildman–Crippen MR) is 98.0 cm³/mol. The van der Waals surface area contributed by atoms with Crippen molar-refractivity contribution in [2.45, 2.75) is 13.5 Å². The van der Waals surface area contributed by atoms with Crippen molar-refractivity contribution in [3.05, 3.63) is 59.4 Å². The molecule has 7 heteroatoms. The molecule has 26 heavy (non-hydrogen) atoms. The summed E-state index contributed by atoms with van der Waals surface area (Å²) >= 11 is 0. The van der Waals surface area contributed by atoms with Gasteiger partial charge in [0, 0.05) is 30.0 Å². The summed E-state index contributed by atoms with van der Waals surface area (Å²) in [5, 5.41) is 5.51. The number of morpholine rings is 1. The van der Waals surface area contributed by atoms with E-state index < -0.39 is 0 Å². The van der Waals surface area contributed by atoms with E-state index in [0.717, 1.165) is 11.4 Å². The van der Waals surface area contributed by atoms with Crippen LogP contribution in [0.25, 0.3) is 0 Å². The normalized spacial score (nSPS) is 14.0. The summed E-state index contributed by atoms with van der Waals surface area (Å²) < 4.78 is 5.27. The van der Waals surface area contributed by atoms with Gasteiger partial charge >= 0.3 is 6.03 Å². The Hall–Kier alpha value is -2.93. The number of pyridine rings is 1. The van der Waals surface area contributed by atoms with Crippen LogP contribution >= 0.6 is 0 Å². The lowest BCUT2D eigenvalue weighted by Gasteiger charge is -2.27. The lowest BCUT2D eigenvalue weighted by molar-refractivity contribution is 0.0303. The van der Waals surface area contributed by atoms with E-state index in [1.54, 1.807) is 29.2 Å². The highest BCUT2D eigenvalue weighted by Gasteiger charge is 2.18. The van der Waals surface area contributed by atoms with Crippen molar-refractivity contribution in [3.63, 3.8) is 0 Å². The van der Waals surface area contributed by atoms with Crippen LogP contribution in [-0.4, -0.2) is 48.1 Å². The Bertz CT molecular complexity index is 788. The first kappa shape index (κ1) is 17.9. The minimum atomic E-state index is -0.343. The molecule has 3 amide bonds. The van der Waals surface area contributed by atoms with Gasteiger partial charge in [-0.25, -0.2) is 4.79 Å². The van der Waals surface area contributed by atoms with Crippen molar-refractivity contribution in [2.24, 2.45) is 0 Å². The molecule has 0 unspecified atom stereocenters. The zero-order valence-corrected chi connectivity index (χ0v) is 14.7. The molecular weight excluding hydrogens is 332 g/mol. The number of rotatable bonds is 4. The third kappa shape index (κ3) is 4.80. The summed E-state index contributed by atoms with van der Waals surface area (Å²) in [6.07, 6.45) is 0.